The van der Waals surface area contributed by atoms with Crippen LogP contribution in [0.3, 0.4) is 0 Å². The number of rotatable bonds is 6. The molecule has 0 unspecified atom stereocenters. The summed E-state index contributed by atoms with van der Waals surface area (Å²) in [4.78, 5) is 4.82. The molecule has 0 radical (unpaired) electrons. The van der Waals surface area contributed by atoms with Crippen LogP contribution in [0.2, 0.25) is 0 Å². The van der Waals surface area contributed by atoms with Gasteiger partial charge in [0.1, 0.15) is 0 Å². The normalized spacial score (nSPS) is 12.9. The Kier molecular flexibility index (Phi) is 8.29. The molecule has 0 atom stereocenters. The van der Waals surface area contributed by atoms with Crippen molar-refractivity contribution in [1.82, 2.24) is 0 Å². The first kappa shape index (κ1) is 37.4. The molecular formula is C63H44N2. The van der Waals surface area contributed by atoms with Gasteiger partial charge >= 0.3 is 0 Å². The highest BCUT2D eigenvalue weighted by Crippen LogP contribution is 2.67. The topological polar surface area (TPSA) is 6.48 Å². The highest BCUT2D eigenvalue weighted by atomic mass is 15.1. The number of anilines is 6. The molecule has 13 rings (SSSR count). The van der Waals surface area contributed by atoms with Gasteiger partial charge in [0, 0.05) is 34.1 Å². The van der Waals surface area contributed by atoms with Gasteiger partial charge in [-0.25, -0.2) is 0 Å². The van der Waals surface area contributed by atoms with E-state index in [-0.39, 0.29) is 0 Å². The molecule has 0 N–H and O–H groups in total. The Morgan fingerprint density at radius 1 is 0.308 bits per heavy atom. The summed E-state index contributed by atoms with van der Waals surface area (Å²) in [5.74, 6) is 0. The van der Waals surface area contributed by atoms with E-state index in [1.807, 2.05) is 0 Å². The molecule has 2 heteroatoms. The van der Waals surface area contributed by atoms with Gasteiger partial charge in [0.2, 0.25) is 0 Å². The summed E-state index contributed by atoms with van der Waals surface area (Å²) < 4.78 is 0. The summed E-state index contributed by atoms with van der Waals surface area (Å²) in [6.45, 7) is 4.41. The third kappa shape index (κ3) is 5.35. The van der Waals surface area contributed by atoms with E-state index in [1.54, 1.807) is 0 Å². The summed E-state index contributed by atoms with van der Waals surface area (Å²) in [7, 11) is 0. The van der Waals surface area contributed by atoms with Gasteiger partial charge in [-0.1, -0.05) is 170 Å². The first-order valence-corrected chi connectivity index (χ1v) is 22.7. The summed E-state index contributed by atoms with van der Waals surface area (Å²) in [6.07, 6.45) is 0. The molecule has 2 aliphatic rings. The Bertz CT molecular complexity index is 3650. The predicted octanol–water partition coefficient (Wildman–Crippen LogP) is 17.0. The van der Waals surface area contributed by atoms with Crippen LogP contribution in [0.5, 0.6) is 0 Å². The SMILES string of the molecule is Cc1ccccc1N(c1ccccc1)c1ccc2c3c(ccc2c1)-c1c(c2ccc(N(c4ccccc4)c4ccccc4C)cc2c2ccccc12)C31c2ccccc2-c2ccccc21. The van der Waals surface area contributed by atoms with E-state index in [2.05, 4.69) is 254 Å². The van der Waals surface area contributed by atoms with Crippen molar-refractivity contribution in [1.29, 1.82) is 0 Å². The predicted molar refractivity (Wildman–Crippen MR) is 274 cm³/mol. The van der Waals surface area contributed by atoms with Gasteiger partial charge in [0.05, 0.1) is 5.41 Å². The molecule has 306 valence electrons. The molecule has 11 aromatic carbocycles. The third-order valence-electron chi connectivity index (χ3n) is 14.2. The third-order valence-corrected chi connectivity index (χ3v) is 14.2. The lowest BCUT2D eigenvalue weighted by atomic mass is 9.68. The number of nitrogens with zero attached hydrogens (tertiary/aromatic N) is 2. The van der Waals surface area contributed by atoms with Crippen molar-refractivity contribution in [3.8, 4) is 22.3 Å². The number of hydrogen-bond donors (Lipinski definition) is 0. The molecule has 11 aromatic rings. The van der Waals surface area contributed by atoms with E-state index >= 15 is 0 Å². The van der Waals surface area contributed by atoms with E-state index in [9.17, 15) is 0 Å². The lowest BCUT2D eigenvalue weighted by Crippen LogP contribution is -2.26. The average Bonchev–Trinajstić information content (AvgIpc) is 3.84. The fourth-order valence-corrected chi connectivity index (χ4v) is 11.6. The smallest absolute Gasteiger partial charge is 0.0737 e. The van der Waals surface area contributed by atoms with Crippen molar-refractivity contribution in [2.45, 2.75) is 19.3 Å². The summed E-state index contributed by atoms with van der Waals surface area (Å²) in [5.41, 5.74) is 19.4. The molecule has 0 saturated heterocycles. The molecule has 2 aliphatic carbocycles. The van der Waals surface area contributed by atoms with E-state index in [0.717, 1.165) is 22.7 Å². The Morgan fingerprint density at radius 2 is 0.800 bits per heavy atom. The number of benzene rings is 11. The van der Waals surface area contributed by atoms with Gasteiger partial charge in [-0.3, -0.25) is 0 Å². The van der Waals surface area contributed by atoms with E-state index in [0.29, 0.717) is 0 Å². The number of fused-ring (bicyclic) bond motifs is 17. The van der Waals surface area contributed by atoms with Crippen LogP contribution in [0.15, 0.2) is 231 Å². The molecule has 2 nitrogen and oxygen atoms in total. The van der Waals surface area contributed by atoms with Crippen molar-refractivity contribution < 1.29 is 0 Å². The van der Waals surface area contributed by atoms with Crippen LogP contribution in [-0.4, -0.2) is 0 Å². The number of para-hydroxylation sites is 4. The average molecular weight is 829 g/mol. The largest absolute Gasteiger partial charge is 0.310 e. The second kappa shape index (κ2) is 14.4. The van der Waals surface area contributed by atoms with Crippen LogP contribution in [0.1, 0.15) is 33.4 Å². The maximum Gasteiger partial charge on any atom is 0.0737 e. The Balaban J connectivity index is 1.13. The Labute approximate surface area is 379 Å². The zero-order chi connectivity index (χ0) is 43.2. The lowest BCUT2D eigenvalue weighted by molar-refractivity contribution is 0.809. The minimum Gasteiger partial charge on any atom is -0.310 e. The quantitative estimate of drug-likeness (QED) is 0.154. The van der Waals surface area contributed by atoms with Crippen LogP contribution >= 0.6 is 0 Å². The zero-order valence-corrected chi connectivity index (χ0v) is 36.3. The first-order chi connectivity index (χ1) is 32.1. The summed E-state index contributed by atoms with van der Waals surface area (Å²) >= 11 is 0. The van der Waals surface area contributed by atoms with E-state index < -0.39 is 5.41 Å². The first-order valence-electron chi connectivity index (χ1n) is 22.7. The molecule has 0 amide bonds. The number of aryl methyl sites for hydroxylation is 2. The molecular weight excluding hydrogens is 785 g/mol. The van der Waals surface area contributed by atoms with Crippen molar-refractivity contribution in [3.05, 3.63) is 264 Å². The van der Waals surface area contributed by atoms with Gasteiger partial charge in [0.25, 0.3) is 0 Å². The Morgan fingerprint density at radius 3 is 1.40 bits per heavy atom. The molecule has 0 fully saturated rings. The van der Waals surface area contributed by atoms with Crippen molar-refractivity contribution in [2.24, 2.45) is 0 Å². The zero-order valence-electron chi connectivity index (χ0n) is 36.3. The van der Waals surface area contributed by atoms with Gasteiger partial charge in [0.15, 0.2) is 0 Å². The van der Waals surface area contributed by atoms with E-state index in [1.165, 1.54) is 99.3 Å². The molecule has 0 aromatic heterocycles. The maximum absolute atomic E-state index is 2.45. The van der Waals surface area contributed by atoms with Gasteiger partial charge in [-0.2, -0.15) is 0 Å². The summed E-state index contributed by atoms with van der Waals surface area (Å²) in [6, 6.07) is 85.7. The molecule has 0 saturated carbocycles. The molecule has 0 bridgehead atoms. The highest BCUT2D eigenvalue weighted by molar-refractivity contribution is 6.22. The van der Waals surface area contributed by atoms with Gasteiger partial charge in [-0.05, 0) is 162 Å². The maximum atomic E-state index is 2.45. The standard InChI is InChI=1S/C63H44N2/c1-41-19-9-17-31-58(41)64(44-21-5-3-6-22-44)46-34-37-48-43(39-46)33-36-54-60-52-28-12-11-25-49(52)55-40-47(65(45-23-7-4-8-24-45)59-32-18-10-20-42(59)2)35-38-53(55)62(60)63(61(48)54)56-29-15-13-26-50(56)51-27-14-16-30-57(51)63/h3-40H,1-2H3. The minimum absolute atomic E-state index is 0.576. The van der Waals surface area contributed by atoms with Crippen molar-refractivity contribution in [3.63, 3.8) is 0 Å². The second-order valence-electron chi connectivity index (χ2n) is 17.7. The second-order valence-corrected chi connectivity index (χ2v) is 17.7. The highest BCUT2D eigenvalue weighted by Gasteiger charge is 2.53. The molecule has 0 aliphatic heterocycles. The lowest BCUT2D eigenvalue weighted by Gasteiger charge is -2.33. The minimum atomic E-state index is -0.576. The molecule has 1 spiro atoms. The van der Waals surface area contributed by atoms with Crippen LogP contribution in [0.4, 0.5) is 34.1 Å². The fourth-order valence-electron chi connectivity index (χ4n) is 11.6. The molecule has 0 heterocycles. The molecule has 65 heavy (non-hydrogen) atoms. The van der Waals surface area contributed by atoms with Crippen LogP contribution in [0, 0.1) is 13.8 Å². The van der Waals surface area contributed by atoms with Gasteiger partial charge in [-0.15, -0.1) is 0 Å². The summed E-state index contributed by atoms with van der Waals surface area (Å²) in [5, 5.41) is 7.56. The van der Waals surface area contributed by atoms with Crippen LogP contribution < -0.4 is 9.80 Å². The van der Waals surface area contributed by atoms with Crippen LogP contribution in [-0.2, 0) is 5.41 Å². The Hall–Kier alpha value is -8.20. The fraction of sp³-hybridized carbons (Fsp3) is 0.0476. The van der Waals surface area contributed by atoms with E-state index in [4.69, 9.17) is 0 Å². The van der Waals surface area contributed by atoms with Crippen molar-refractivity contribution >= 4 is 66.4 Å². The van der Waals surface area contributed by atoms with Gasteiger partial charge < -0.3 is 9.80 Å². The monoisotopic (exact) mass is 828 g/mol. The van der Waals surface area contributed by atoms with Crippen LogP contribution in [0.25, 0.3) is 54.6 Å². The number of hydrogen-bond acceptors (Lipinski definition) is 2. The van der Waals surface area contributed by atoms with Crippen molar-refractivity contribution in [2.75, 3.05) is 9.80 Å².